The number of rotatable bonds is 5. The maximum Gasteiger partial charge on any atom is 0.315 e. The topological polar surface area (TPSA) is 112 Å². The molecule has 0 heterocycles. The third-order valence-electron chi connectivity index (χ3n) is 4.32. The molecule has 0 aromatic heterocycles. The molecular weight excluding hydrogens is 334 g/mol. The molecule has 26 heavy (non-hydrogen) atoms. The molecule has 1 aromatic carbocycles. The maximum absolute atomic E-state index is 12.6. The average molecular weight is 357 g/mol. The first-order chi connectivity index (χ1) is 12.4. The number of carbonyl (C=O) groups is 2. The molecule has 138 valence electrons. The van der Waals surface area contributed by atoms with Crippen molar-refractivity contribution in [1.82, 2.24) is 5.43 Å². The molecule has 2 N–H and O–H groups in total. The second-order valence-electron chi connectivity index (χ2n) is 6.60. The molecule has 2 rings (SSSR count). The van der Waals surface area contributed by atoms with Gasteiger partial charge in [0.05, 0.1) is 24.0 Å². The molecule has 1 aliphatic rings. The van der Waals surface area contributed by atoms with E-state index in [9.17, 15) is 14.7 Å². The van der Waals surface area contributed by atoms with Crippen molar-refractivity contribution in [2.24, 2.45) is 11.0 Å². The first-order valence-corrected chi connectivity index (χ1v) is 8.54. The lowest BCUT2D eigenvalue weighted by Gasteiger charge is -2.39. The fraction of sp³-hybridized carbons (Fsp3) is 0.474. The van der Waals surface area contributed by atoms with Gasteiger partial charge in [-0.15, -0.1) is 0 Å². The SMILES string of the molecule is CCOC(=O)C1C(=NNC(=O)CC#N)CC(C)(O)CC1c1ccccc1. The van der Waals surface area contributed by atoms with Gasteiger partial charge in [0.25, 0.3) is 5.91 Å². The third-order valence-corrected chi connectivity index (χ3v) is 4.32. The Morgan fingerprint density at radius 2 is 2.12 bits per heavy atom. The predicted octanol–water partition coefficient (Wildman–Crippen LogP) is 1.88. The second-order valence-corrected chi connectivity index (χ2v) is 6.60. The largest absolute Gasteiger partial charge is 0.465 e. The monoisotopic (exact) mass is 357 g/mol. The van der Waals surface area contributed by atoms with Gasteiger partial charge in [0, 0.05) is 12.3 Å². The smallest absolute Gasteiger partial charge is 0.315 e. The molecule has 7 nitrogen and oxygen atoms in total. The molecule has 7 heteroatoms. The van der Waals surface area contributed by atoms with E-state index in [0.29, 0.717) is 12.1 Å². The van der Waals surface area contributed by atoms with Crippen LogP contribution in [0.1, 0.15) is 44.6 Å². The lowest BCUT2D eigenvalue weighted by Crippen LogP contribution is -2.46. The van der Waals surface area contributed by atoms with Gasteiger partial charge in [-0.05, 0) is 25.8 Å². The van der Waals surface area contributed by atoms with E-state index in [4.69, 9.17) is 10.00 Å². The quantitative estimate of drug-likeness (QED) is 0.617. The highest BCUT2D eigenvalue weighted by atomic mass is 16.5. The fourth-order valence-corrected chi connectivity index (χ4v) is 3.29. The number of benzene rings is 1. The molecule has 3 unspecified atom stereocenters. The Hall–Kier alpha value is -2.72. The fourth-order valence-electron chi connectivity index (χ4n) is 3.29. The van der Waals surface area contributed by atoms with E-state index in [-0.39, 0.29) is 25.4 Å². The average Bonchev–Trinajstić information content (AvgIpc) is 2.60. The van der Waals surface area contributed by atoms with Gasteiger partial charge in [0.1, 0.15) is 12.3 Å². The van der Waals surface area contributed by atoms with Gasteiger partial charge >= 0.3 is 5.97 Å². The van der Waals surface area contributed by atoms with Gasteiger partial charge in [-0.25, -0.2) is 5.43 Å². The summed E-state index contributed by atoms with van der Waals surface area (Å²) in [7, 11) is 0. The number of nitrogens with one attached hydrogen (secondary N) is 1. The number of hydrazone groups is 1. The van der Waals surface area contributed by atoms with Crippen LogP contribution in [0.3, 0.4) is 0 Å². The summed E-state index contributed by atoms with van der Waals surface area (Å²) < 4.78 is 5.22. The minimum Gasteiger partial charge on any atom is -0.465 e. The van der Waals surface area contributed by atoms with E-state index in [1.54, 1.807) is 19.9 Å². The van der Waals surface area contributed by atoms with E-state index in [1.807, 2.05) is 30.3 Å². The molecule has 0 bridgehead atoms. The van der Waals surface area contributed by atoms with Gasteiger partial charge in [-0.2, -0.15) is 10.4 Å². The van der Waals surface area contributed by atoms with Gasteiger partial charge in [-0.3, -0.25) is 9.59 Å². The summed E-state index contributed by atoms with van der Waals surface area (Å²) in [5.41, 5.74) is 2.45. The van der Waals surface area contributed by atoms with Crippen LogP contribution < -0.4 is 5.43 Å². The van der Waals surface area contributed by atoms with Crippen LogP contribution in [-0.2, 0) is 14.3 Å². The Labute approximate surface area is 152 Å². The van der Waals surface area contributed by atoms with Crippen LogP contribution in [0.15, 0.2) is 35.4 Å². The van der Waals surface area contributed by atoms with Crippen LogP contribution in [0.2, 0.25) is 0 Å². The zero-order chi connectivity index (χ0) is 19.2. The Balaban J connectivity index is 2.41. The lowest BCUT2D eigenvalue weighted by atomic mass is 9.68. The number of ether oxygens (including phenoxy) is 1. The molecule has 1 aromatic rings. The van der Waals surface area contributed by atoms with Crippen molar-refractivity contribution < 1.29 is 19.4 Å². The summed E-state index contributed by atoms with van der Waals surface area (Å²) in [5.74, 6) is -2.04. The molecule has 0 spiro atoms. The van der Waals surface area contributed by atoms with Crippen molar-refractivity contribution >= 4 is 17.6 Å². The van der Waals surface area contributed by atoms with E-state index in [1.165, 1.54) is 0 Å². The number of hydrogen-bond acceptors (Lipinski definition) is 6. The van der Waals surface area contributed by atoms with Crippen molar-refractivity contribution in [3.63, 3.8) is 0 Å². The summed E-state index contributed by atoms with van der Waals surface area (Å²) in [5, 5.41) is 23.3. The van der Waals surface area contributed by atoms with Gasteiger partial charge < -0.3 is 9.84 Å². The standard InChI is InChI=1S/C19H23N3O4/c1-3-26-18(24)17-14(13-7-5-4-6-8-13)11-19(2,25)12-15(17)21-22-16(23)9-10-20/h4-8,14,17,25H,3,9,11-12H2,1-2H3,(H,22,23). The Morgan fingerprint density at radius 3 is 2.73 bits per heavy atom. The van der Waals surface area contributed by atoms with E-state index >= 15 is 0 Å². The molecule has 3 atom stereocenters. The van der Waals surface area contributed by atoms with Crippen molar-refractivity contribution in [3.8, 4) is 6.07 Å². The zero-order valence-corrected chi connectivity index (χ0v) is 14.9. The van der Waals surface area contributed by atoms with Crippen molar-refractivity contribution in [3.05, 3.63) is 35.9 Å². The van der Waals surface area contributed by atoms with Crippen LogP contribution in [-0.4, -0.2) is 34.9 Å². The van der Waals surface area contributed by atoms with Crippen LogP contribution in [0.5, 0.6) is 0 Å². The van der Waals surface area contributed by atoms with E-state index in [0.717, 1.165) is 5.56 Å². The van der Waals surface area contributed by atoms with Crippen LogP contribution in [0.4, 0.5) is 0 Å². The first-order valence-electron chi connectivity index (χ1n) is 8.54. The molecule has 0 saturated heterocycles. The Morgan fingerprint density at radius 1 is 1.42 bits per heavy atom. The highest BCUT2D eigenvalue weighted by molar-refractivity contribution is 6.04. The number of nitrogens with zero attached hydrogens (tertiary/aromatic N) is 2. The molecule has 1 aliphatic carbocycles. The van der Waals surface area contributed by atoms with Crippen LogP contribution in [0.25, 0.3) is 0 Å². The summed E-state index contributed by atoms with van der Waals surface area (Å²) in [4.78, 5) is 24.2. The van der Waals surface area contributed by atoms with Crippen molar-refractivity contribution in [1.29, 1.82) is 5.26 Å². The predicted molar refractivity (Wildman–Crippen MR) is 95.0 cm³/mol. The van der Waals surface area contributed by atoms with Crippen molar-refractivity contribution in [2.45, 2.75) is 44.6 Å². The van der Waals surface area contributed by atoms with Gasteiger partial charge in [0.15, 0.2) is 0 Å². The highest BCUT2D eigenvalue weighted by Gasteiger charge is 2.45. The van der Waals surface area contributed by atoms with Gasteiger partial charge in [0.2, 0.25) is 0 Å². The number of nitriles is 1. The van der Waals surface area contributed by atoms with E-state index < -0.39 is 23.4 Å². The lowest BCUT2D eigenvalue weighted by molar-refractivity contribution is -0.147. The van der Waals surface area contributed by atoms with Crippen LogP contribution >= 0.6 is 0 Å². The number of esters is 1. The zero-order valence-electron chi connectivity index (χ0n) is 14.9. The minimum atomic E-state index is -1.08. The molecule has 0 radical (unpaired) electrons. The maximum atomic E-state index is 12.6. The number of carbonyl (C=O) groups excluding carboxylic acids is 2. The molecule has 1 fully saturated rings. The molecular formula is C19H23N3O4. The summed E-state index contributed by atoms with van der Waals surface area (Å²) in [6.45, 7) is 3.62. The second kappa shape index (κ2) is 8.59. The van der Waals surface area contributed by atoms with Crippen molar-refractivity contribution in [2.75, 3.05) is 6.61 Å². The minimum absolute atomic E-state index is 0.132. The molecule has 1 saturated carbocycles. The Bertz CT molecular complexity index is 722. The molecule has 0 aliphatic heterocycles. The Kier molecular flexibility index (Phi) is 6.47. The summed E-state index contributed by atoms with van der Waals surface area (Å²) in [6, 6.07) is 11.1. The highest BCUT2D eigenvalue weighted by Crippen LogP contribution is 2.41. The number of aliphatic hydroxyl groups is 1. The van der Waals surface area contributed by atoms with Gasteiger partial charge in [-0.1, -0.05) is 30.3 Å². The first kappa shape index (κ1) is 19.6. The molecule has 1 amide bonds. The summed E-state index contributed by atoms with van der Waals surface area (Å²) >= 11 is 0. The van der Waals surface area contributed by atoms with Crippen LogP contribution in [0, 0.1) is 17.2 Å². The number of hydrogen-bond donors (Lipinski definition) is 2. The van der Waals surface area contributed by atoms with E-state index in [2.05, 4.69) is 10.5 Å². The normalized spacial score (nSPS) is 26.8. The number of amides is 1. The summed E-state index contributed by atoms with van der Waals surface area (Å²) in [6.07, 6.45) is 0.164. The third kappa shape index (κ3) is 4.90.